The summed E-state index contributed by atoms with van der Waals surface area (Å²) in [7, 11) is 0. The molecule has 0 saturated heterocycles. The Morgan fingerprint density at radius 2 is 2.03 bits per heavy atom. The first-order valence-corrected chi connectivity index (χ1v) is 9.99. The molecule has 2 bridgehead atoms. The van der Waals surface area contributed by atoms with Crippen LogP contribution in [-0.2, 0) is 6.54 Å². The molecule has 1 unspecified atom stereocenters. The van der Waals surface area contributed by atoms with E-state index in [1.165, 1.54) is 0 Å². The molecule has 1 aromatic carbocycles. The summed E-state index contributed by atoms with van der Waals surface area (Å²) in [6.07, 6.45) is 3.02. The monoisotopic (exact) mass is 411 g/mol. The molecule has 0 saturated carbocycles. The van der Waals surface area contributed by atoms with Crippen molar-refractivity contribution in [1.29, 1.82) is 5.26 Å². The Morgan fingerprint density at radius 3 is 2.84 bits per heavy atom. The van der Waals surface area contributed by atoms with Crippen LogP contribution in [0.5, 0.6) is 5.75 Å². The van der Waals surface area contributed by atoms with E-state index < -0.39 is 0 Å². The number of hydrogen-bond donors (Lipinski definition) is 1. The molecule has 5 rings (SSSR count). The smallest absolute Gasteiger partial charge is 0.166 e. The zero-order valence-corrected chi connectivity index (χ0v) is 17.5. The second kappa shape index (κ2) is 6.99. The van der Waals surface area contributed by atoms with Gasteiger partial charge in [0.25, 0.3) is 0 Å². The van der Waals surface area contributed by atoms with Gasteiger partial charge >= 0.3 is 0 Å². The maximum Gasteiger partial charge on any atom is 0.166 e. The molecule has 0 amide bonds. The maximum atomic E-state index is 9.63. The van der Waals surface area contributed by atoms with Crippen LogP contribution >= 0.6 is 0 Å². The van der Waals surface area contributed by atoms with Gasteiger partial charge in [0, 0.05) is 17.3 Å². The Morgan fingerprint density at radius 1 is 1.19 bits per heavy atom. The fourth-order valence-electron chi connectivity index (χ4n) is 4.06. The topological polar surface area (TPSA) is 108 Å². The van der Waals surface area contributed by atoms with E-state index in [9.17, 15) is 5.26 Å². The van der Waals surface area contributed by atoms with Gasteiger partial charge < -0.3 is 15.0 Å². The largest absolute Gasteiger partial charge is 0.482 e. The lowest BCUT2D eigenvalue weighted by molar-refractivity contribution is 0.227. The van der Waals surface area contributed by atoms with Crippen molar-refractivity contribution >= 4 is 5.82 Å². The number of nitrogens with zero attached hydrogens (tertiary/aromatic N) is 6. The number of anilines is 1. The van der Waals surface area contributed by atoms with Crippen LogP contribution in [-0.4, -0.2) is 24.3 Å². The zero-order valence-electron chi connectivity index (χ0n) is 17.5. The molecular weight excluding hydrogens is 390 g/mol. The van der Waals surface area contributed by atoms with Crippen LogP contribution in [0.15, 0.2) is 42.9 Å². The Balaban J connectivity index is 1.82. The quantitative estimate of drug-likeness (QED) is 0.473. The first-order valence-electron chi connectivity index (χ1n) is 9.99. The van der Waals surface area contributed by atoms with E-state index in [4.69, 9.17) is 15.6 Å². The summed E-state index contributed by atoms with van der Waals surface area (Å²) in [6, 6.07) is 12.3. The Bertz CT molecular complexity index is 1360. The van der Waals surface area contributed by atoms with Crippen molar-refractivity contribution in [2.45, 2.75) is 33.4 Å². The second-order valence-electron chi connectivity index (χ2n) is 7.80. The first kappa shape index (κ1) is 18.9. The fraction of sp³-hybridized carbons (Fsp3) is 0.217. The number of pyridine rings is 1. The molecule has 4 aromatic rings. The summed E-state index contributed by atoms with van der Waals surface area (Å²) in [5, 5.41) is 14.4. The van der Waals surface area contributed by atoms with Gasteiger partial charge in [-0.15, -0.1) is 0 Å². The minimum atomic E-state index is -0.300. The molecule has 1 atom stereocenters. The lowest BCUT2D eigenvalue weighted by Gasteiger charge is -2.22. The second-order valence-corrected chi connectivity index (χ2v) is 7.80. The number of rotatable bonds is 0. The predicted octanol–water partition coefficient (Wildman–Crippen LogP) is 3.70. The van der Waals surface area contributed by atoms with Gasteiger partial charge in [-0.05, 0) is 39.0 Å². The predicted molar refractivity (Wildman–Crippen MR) is 116 cm³/mol. The molecule has 3 aromatic heterocycles. The summed E-state index contributed by atoms with van der Waals surface area (Å²) in [6.45, 7) is 6.50. The van der Waals surface area contributed by atoms with Gasteiger partial charge in [-0.25, -0.2) is 14.6 Å². The van der Waals surface area contributed by atoms with Gasteiger partial charge in [0.1, 0.15) is 12.2 Å². The SMILES string of the molecule is Cc1ccc2c(c1)C(C)Oc1cc(cnc1N)-c1c(C#N)ncn1Cc1cc(C)nn1-2. The first-order chi connectivity index (χ1) is 14.9. The molecule has 2 N–H and O–H groups in total. The number of hydrogen-bond acceptors (Lipinski definition) is 6. The van der Waals surface area contributed by atoms with Crippen molar-refractivity contribution in [3.63, 3.8) is 0 Å². The van der Waals surface area contributed by atoms with Gasteiger partial charge in [-0.2, -0.15) is 10.4 Å². The van der Waals surface area contributed by atoms with E-state index in [1.807, 2.05) is 35.2 Å². The van der Waals surface area contributed by atoms with Gasteiger partial charge in [-0.1, -0.05) is 17.7 Å². The number of aryl methyl sites for hydroxylation is 2. The third-order valence-electron chi connectivity index (χ3n) is 5.49. The zero-order chi connectivity index (χ0) is 21.7. The number of ether oxygens (including phenoxy) is 1. The average molecular weight is 411 g/mol. The van der Waals surface area contributed by atoms with Crippen molar-refractivity contribution < 1.29 is 4.74 Å². The lowest BCUT2D eigenvalue weighted by atomic mass is 10.0. The van der Waals surface area contributed by atoms with Crippen molar-refractivity contribution in [3.8, 4) is 28.8 Å². The van der Waals surface area contributed by atoms with E-state index in [1.54, 1.807) is 12.5 Å². The highest BCUT2D eigenvalue weighted by molar-refractivity contribution is 5.69. The highest BCUT2D eigenvalue weighted by atomic mass is 16.5. The number of nitrogens with two attached hydrogens (primary N) is 1. The number of imidazole rings is 1. The van der Waals surface area contributed by atoms with E-state index in [2.05, 4.69) is 41.2 Å². The fourth-order valence-corrected chi connectivity index (χ4v) is 4.06. The molecule has 8 heteroatoms. The molecule has 8 nitrogen and oxygen atoms in total. The van der Waals surface area contributed by atoms with Crippen LogP contribution in [0.2, 0.25) is 0 Å². The van der Waals surface area contributed by atoms with Crippen molar-refractivity contribution in [3.05, 3.63) is 71.1 Å². The number of nitrogen functional groups attached to an aromatic ring is 1. The van der Waals surface area contributed by atoms with Crippen LogP contribution < -0.4 is 10.5 Å². The van der Waals surface area contributed by atoms with Crippen molar-refractivity contribution in [1.82, 2.24) is 24.3 Å². The molecule has 0 spiro atoms. The highest BCUT2D eigenvalue weighted by Gasteiger charge is 2.23. The van der Waals surface area contributed by atoms with Gasteiger partial charge in [0.05, 0.1) is 35.6 Å². The van der Waals surface area contributed by atoms with Gasteiger partial charge in [-0.3, -0.25) is 0 Å². The van der Waals surface area contributed by atoms with Crippen molar-refractivity contribution in [2.24, 2.45) is 0 Å². The minimum absolute atomic E-state index is 0.294. The Hall–Kier alpha value is -4.12. The summed E-state index contributed by atoms with van der Waals surface area (Å²) < 4.78 is 10.2. The van der Waals surface area contributed by atoms with Gasteiger partial charge in [0.2, 0.25) is 0 Å². The Kier molecular flexibility index (Phi) is 4.26. The van der Waals surface area contributed by atoms with E-state index >= 15 is 0 Å². The Labute approximate surface area is 179 Å². The molecule has 4 heterocycles. The highest BCUT2D eigenvalue weighted by Crippen LogP contribution is 2.35. The number of aromatic nitrogens is 5. The number of benzene rings is 1. The van der Waals surface area contributed by atoms with Crippen LogP contribution in [0.1, 0.15) is 41.2 Å². The van der Waals surface area contributed by atoms with Gasteiger partial charge in [0.15, 0.2) is 17.3 Å². The van der Waals surface area contributed by atoms with Crippen molar-refractivity contribution in [2.75, 3.05) is 5.73 Å². The standard InChI is InChI=1S/C23H21N7O/c1-13-4-5-20-18(6-13)15(3)31-21-8-16(10-26-23(21)25)22-19(9-24)27-12-29(22)11-17-7-14(2)28-30(17)20/h4-8,10,12,15H,11H2,1-3H3,(H2,25,26). The normalized spacial score (nSPS) is 14.8. The van der Waals surface area contributed by atoms with Crippen LogP contribution in [0, 0.1) is 25.2 Å². The summed E-state index contributed by atoms with van der Waals surface area (Å²) in [5.41, 5.74) is 12.8. The van der Waals surface area contributed by atoms with Crippen LogP contribution in [0.4, 0.5) is 5.82 Å². The van der Waals surface area contributed by atoms with E-state index in [0.29, 0.717) is 29.5 Å². The van der Waals surface area contributed by atoms with E-state index in [-0.39, 0.29) is 6.10 Å². The van der Waals surface area contributed by atoms with Crippen LogP contribution in [0.25, 0.3) is 16.9 Å². The van der Waals surface area contributed by atoms with Crippen LogP contribution in [0.3, 0.4) is 0 Å². The summed E-state index contributed by atoms with van der Waals surface area (Å²) in [4.78, 5) is 8.63. The third kappa shape index (κ3) is 3.11. The minimum Gasteiger partial charge on any atom is -0.482 e. The summed E-state index contributed by atoms with van der Waals surface area (Å²) in [5.74, 6) is 0.758. The number of fused-ring (bicyclic) bond motifs is 7. The molecule has 31 heavy (non-hydrogen) atoms. The molecule has 0 fully saturated rings. The molecule has 1 aliphatic rings. The third-order valence-corrected chi connectivity index (χ3v) is 5.49. The molecule has 0 radical (unpaired) electrons. The maximum absolute atomic E-state index is 9.63. The molecule has 154 valence electrons. The average Bonchev–Trinajstić information content (AvgIpc) is 3.32. The molecule has 0 aliphatic carbocycles. The lowest BCUT2D eigenvalue weighted by Crippen LogP contribution is -2.15. The molecular formula is C23H21N7O. The van der Waals surface area contributed by atoms with E-state index in [0.717, 1.165) is 33.8 Å². The summed E-state index contributed by atoms with van der Waals surface area (Å²) >= 11 is 0. The molecule has 1 aliphatic heterocycles. The number of nitriles is 1.